The van der Waals surface area contributed by atoms with Crippen LogP contribution in [0.25, 0.3) is 0 Å². The molecule has 0 saturated carbocycles. The first-order valence-corrected chi connectivity index (χ1v) is 6.79. The number of amides is 2. The number of urea groups is 1. The molecule has 3 nitrogen and oxygen atoms in total. The summed E-state index contributed by atoms with van der Waals surface area (Å²) in [6, 6.07) is 13.2. The van der Waals surface area contributed by atoms with Crippen molar-refractivity contribution in [1.82, 2.24) is 5.32 Å². The Hall–Kier alpha value is -2.00. The first kappa shape index (κ1) is 14.4. The molecule has 2 rings (SSSR count). The molecule has 0 fully saturated rings. The molecule has 0 spiro atoms. The number of hydrogen-bond acceptors (Lipinski definition) is 1. The molecule has 2 aromatic rings. The largest absolute Gasteiger partial charge is 0.334 e. The fourth-order valence-electron chi connectivity index (χ4n) is 1.87. The molecule has 2 aromatic carbocycles. The van der Waals surface area contributed by atoms with Crippen LogP contribution >= 0.6 is 11.6 Å². The quantitative estimate of drug-likeness (QED) is 0.869. The number of nitrogens with one attached hydrogen (secondary N) is 2. The van der Waals surface area contributed by atoms with Crippen molar-refractivity contribution in [1.29, 1.82) is 0 Å². The fraction of sp³-hybridized carbons (Fsp3) is 0.188. The van der Waals surface area contributed by atoms with Gasteiger partial charge in [0.1, 0.15) is 0 Å². The summed E-state index contributed by atoms with van der Waals surface area (Å²) in [6.45, 7) is 4.40. The smallest absolute Gasteiger partial charge is 0.319 e. The van der Waals surface area contributed by atoms with Crippen LogP contribution in [0.2, 0.25) is 5.02 Å². The third kappa shape index (κ3) is 4.00. The van der Waals surface area contributed by atoms with Crippen LogP contribution in [-0.4, -0.2) is 6.03 Å². The van der Waals surface area contributed by atoms with Crippen molar-refractivity contribution < 1.29 is 4.79 Å². The molecule has 104 valence electrons. The molecule has 0 aromatic heterocycles. The zero-order chi connectivity index (χ0) is 14.5. The van der Waals surface area contributed by atoms with Gasteiger partial charge in [0.05, 0.1) is 0 Å². The molecule has 0 unspecified atom stereocenters. The number of rotatable bonds is 3. The number of benzene rings is 2. The second-order valence-corrected chi connectivity index (χ2v) is 5.19. The molecule has 0 aliphatic heterocycles. The third-order valence-corrected chi connectivity index (χ3v) is 3.22. The Morgan fingerprint density at radius 3 is 2.70 bits per heavy atom. The molecule has 0 bridgehead atoms. The normalized spacial score (nSPS) is 10.2. The Kier molecular flexibility index (Phi) is 4.64. The Balaban J connectivity index is 1.94. The lowest BCUT2D eigenvalue weighted by Crippen LogP contribution is -2.28. The monoisotopic (exact) mass is 288 g/mol. The van der Waals surface area contributed by atoms with Crippen LogP contribution in [0, 0.1) is 13.8 Å². The maximum Gasteiger partial charge on any atom is 0.319 e. The number of carbonyl (C=O) groups excluding carboxylic acids is 1. The van der Waals surface area contributed by atoms with Crippen LogP contribution < -0.4 is 10.6 Å². The molecule has 0 aliphatic rings. The van der Waals surface area contributed by atoms with Crippen molar-refractivity contribution in [3.63, 3.8) is 0 Å². The number of carbonyl (C=O) groups is 1. The summed E-state index contributed by atoms with van der Waals surface area (Å²) >= 11 is 5.90. The van der Waals surface area contributed by atoms with E-state index in [-0.39, 0.29) is 6.03 Å². The highest BCUT2D eigenvalue weighted by atomic mass is 35.5. The van der Waals surface area contributed by atoms with Gasteiger partial charge < -0.3 is 10.6 Å². The molecular weight excluding hydrogens is 272 g/mol. The predicted molar refractivity (Wildman–Crippen MR) is 83.2 cm³/mol. The fourth-order valence-corrected chi connectivity index (χ4v) is 2.08. The Morgan fingerprint density at radius 1 is 1.15 bits per heavy atom. The van der Waals surface area contributed by atoms with E-state index < -0.39 is 0 Å². The topological polar surface area (TPSA) is 41.1 Å². The van der Waals surface area contributed by atoms with E-state index in [0.29, 0.717) is 11.6 Å². The van der Waals surface area contributed by atoms with Gasteiger partial charge in [-0.25, -0.2) is 4.79 Å². The lowest BCUT2D eigenvalue weighted by atomic mass is 10.1. The van der Waals surface area contributed by atoms with Crippen molar-refractivity contribution in [2.45, 2.75) is 20.4 Å². The molecule has 2 amide bonds. The molecule has 0 saturated heterocycles. The number of hydrogen-bond donors (Lipinski definition) is 2. The first-order valence-electron chi connectivity index (χ1n) is 6.41. The minimum atomic E-state index is -0.223. The van der Waals surface area contributed by atoms with Crippen molar-refractivity contribution in [2.75, 3.05) is 5.32 Å². The van der Waals surface area contributed by atoms with Crippen LogP contribution in [0.5, 0.6) is 0 Å². The summed E-state index contributed by atoms with van der Waals surface area (Å²) in [6.07, 6.45) is 0. The number of aryl methyl sites for hydroxylation is 2. The lowest BCUT2D eigenvalue weighted by Gasteiger charge is -2.11. The van der Waals surface area contributed by atoms with Gasteiger partial charge in [-0.3, -0.25) is 0 Å². The van der Waals surface area contributed by atoms with Gasteiger partial charge in [-0.1, -0.05) is 35.9 Å². The summed E-state index contributed by atoms with van der Waals surface area (Å²) in [5.41, 5.74) is 3.94. The Bertz CT molecular complexity index is 626. The van der Waals surface area contributed by atoms with Gasteiger partial charge in [-0.05, 0) is 48.7 Å². The molecule has 2 N–H and O–H groups in total. The van der Waals surface area contributed by atoms with E-state index in [1.54, 1.807) is 6.07 Å². The highest BCUT2D eigenvalue weighted by molar-refractivity contribution is 6.30. The van der Waals surface area contributed by atoms with Crippen LogP contribution in [0.3, 0.4) is 0 Å². The van der Waals surface area contributed by atoms with Gasteiger partial charge in [0.15, 0.2) is 0 Å². The van der Waals surface area contributed by atoms with Crippen LogP contribution in [-0.2, 0) is 6.54 Å². The van der Waals surface area contributed by atoms with Gasteiger partial charge in [0.2, 0.25) is 0 Å². The SMILES string of the molecule is Cc1ccc(C)c(NC(=O)NCc2cccc(Cl)c2)c1. The van der Waals surface area contributed by atoms with Gasteiger partial charge in [-0.15, -0.1) is 0 Å². The number of anilines is 1. The molecule has 20 heavy (non-hydrogen) atoms. The van der Waals surface area contributed by atoms with Gasteiger partial charge in [0, 0.05) is 17.3 Å². The zero-order valence-electron chi connectivity index (χ0n) is 11.5. The van der Waals surface area contributed by atoms with E-state index in [1.807, 2.05) is 50.2 Å². The van der Waals surface area contributed by atoms with E-state index in [0.717, 1.165) is 22.4 Å². The van der Waals surface area contributed by atoms with Crippen molar-refractivity contribution in [3.8, 4) is 0 Å². The molecule has 4 heteroatoms. The minimum Gasteiger partial charge on any atom is -0.334 e. The summed E-state index contributed by atoms with van der Waals surface area (Å²) in [5.74, 6) is 0. The van der Waals surface area contributed by atoms with Gasteiger partial charge >= 0.3 is 6.03 Å². The van der Waals surface area contributed by atoms with Crippen LogP contribution in [0.4, 0.5) is 10.5 Å². The van der Waals surface area contributed by atoms with Crippen LogP contribution in [0.15, 0.2) is 42.5 Å². The predicted octanol–water partition coefficient (Wildman–Crippen LogP) is 4.28. The Morgan fingerprint density at radius 2 is 1.95 bits per heavy atom. The molecule has 0 heterocycles. The van der Waals surface area contributed by atoms with E-state index in [4.69, 9.17) is 11.6 Å². The highest BCUT2D eigenvalue weighted by Crippen LogP contribution is 2.16. The summed E-state index contributed by atoms with van der Waals surface area (Å²) in [7, 11) is 0. The average Bonchev–Trinajstić information content (AvgIpc) is 2.41. The van der Waals surface area contributed by atoms with Crippen molar-refractivity contribution >= 4 is 23.3 Å². The van der Waals surface area contributed by atoms with E-state index >= 15 is 0 Å². The maximum atomic E-state index is 11.9. The van der Waals surface area contributed by atoms with Crippen molar-refractivity contribution in [2.24, 2.45) is 0 Å². The third-order valence-electron chi connectivity index (χ3n) is 2.98. The van der Waals surface area contributed by atoms with Gasteiger partial charge in [-0.2, -0.15) is 0 Å². The van der Waals surface area contributed by atoms with Gasteiger partial charge in [0.25, 0.3) is 0 Å². The second-order valence-electron chi connectivity index (χ2n) is 4.76. The lowest BCUT2D eigenvalue weighted by molar-refractivity contribution is 0.251. The molecular formula is C16H17ClN2O. The number of halogens is 1. The summed E-state index contributed by atoms with van der Waals surface area (Å²) in [5, 5.41) is 6.33. The van der Waals surface area contributed by atoms with E-state index in [9.17, 15) is 4.79 Å². The summed E-state index contributed by atoms with van der Waals surface area (Å²) < 4.78 is 0. The first-order chi connectivity index (χ1) is 9.54. The standard InChI is InChI=1S/C16H17ClN2O/c1-11-6-7-12(2)15(8-11)19-16(20)18-10-13-4-3-5-14(17)9-13/h3-9H,10H2,1-2H3,(H2,18,19,20). The molecule has 0 radical (unpaired) electrons. The van der Waals surface area contributed by atoms with E-state index in [1.165, 1.54) is 0 Å². The Labute approximate surface area is 124 Å². The molecule has 0 aliphatic carbocycles. The van der Waals surface area contributed by atoms with Crippen molar-refractivity contribution in [3.05, 3.63) is 64.2 Å². The van der Waals surface area contributed by atoms with E-state index in [2.05, 4.69) is 10.6 Å². The van der Waals surface area contributed by atoms with Crippen LogP contribution in [0.1, 0.15) is 16.7 Å². The zero-order valence-corrected chi connectivity index (χ0v) is 12.3. The second kappa shape index (κ2) is 6.44. The maximum absolute atomic E-state index is 11.9. The average molecular weight is 289 g/mol. The molecule has 0 atom stereocenters. The highest BCUT2D eigenvalue weighted by Gasteiger charge is 2.04. The minimum absolute atomic E-state index is 0.223. The summed E-state index contributed by atoms with van der Waals surface area (Å²) in [4.78, 5) is 11.9.